The minimum Gasteiger partial charge on any atom is -0.327 e. The van der Waals surface area contributed by atoms with Gasteiger partial charge in [-0.2, -0.15) is 5.10 Å². The molecular weight excluding hydrogens is 324 g/mol. The minimum atomic E-state index is -0.375. The third-order valence-electron chi connectivity index (χ3n) is 4.28. The number of rotatable bonds is 1. The maximum atomic E-state index is 11.9. The van der Waals surface area contributed by atoms with Gasteiger partial charge in [-0.05, 0) is 50.1 Å². The molecule has 2 amide bonds. The zero-order valence-corrected chi connectivity index (χ0v) is 14.4. The molecular formula is C18H17ClN4O. The maximum absolute atomic E-state index is 11.9. The van der Waals surface area contributed by atoms with Gasteiger partial charge in [0, 0.05) is 17.6 Å². The van der Waals surface area contributed by atoms with Crippen LogP contribution in [0.3, 0.4) is 0 Å². The number of nitrogens with zero attached hydrogens (tertiary/aromatic N) is 3. The lowest BCUT2D eigenvalue weighted by molar-refractivity contribution is 0.187. The average Bonchev–Trinajstić information content (AvgIpc) is 2.77. The molecule has 1 aromatic carbocycles. The second-order valence-electron chi connectivity index (χ2n) is 6.20. The summed E-state index contributed by atoms with van der Waals surface area (Å²) in [6, 6.07) is 10.7. The lowest BCUT2D eigenvalue weighted by Crippen LogP contribution is -2.40. The summed E-state index contributed by atoms with van der Waals surface area (Å²) in [5, 5.41) is 12.0. The molecule has 1 saturated heterocycles. The van der Waals surface area contributed by atoms with Crippen LogP contribution in [-0.2, 0) is 0 Å². The van der Waals surface area contributed by atoms with Gasteiger partial charge in [-0.15, -0.1) is 5.10 Å². The van der Waals surface area contributed by atoms with E-state index in [2.05, 4.69) is 27.4 Å². The van der Waals surface area contributed by atoms with Gasteiger partial charge in [-0.25, -0.2) is 4.79 Å². The number of urea groups is 1. The first-order chi connectivity index (χ1) is 11.4. The molecule has 6 heteroatoms. The Morgan fingerprint density at radius 2 is 2.00 bits per heavy atom. The van der Waals surface area contributed by atoms with Gasteiger partial charge in [-0.1, -0.05) is 23.6 Å². The Morgan fingerprint density at radius 1 is 1.21 bits per heavy atom. The Balaban J connectivity index is 1.81. The molecule has 1 aliphatic heterocycles. The number of carbonyl (C=O) groups excluding carboxylic acids is 1. The number of halogens is 1. The summed E-state index contributed by atoms with van der Waals surface area (Å²) >= 11 is 5.94. The fourth-order valence-corrected chi connectivity index (χ4v) is 2.74. The van der Waals surface area contributed by atoms with Crippen molar-refractivity contribution in [3.8, 4) is 11.8 Å². The molecule has 0 radical (unpaired) electrons. The fourth-order valence-electron chi connectivity index (χ4n) is 2.55. The Labute approximate surface area is 146 Å². The van der Waals surface area contributed by atoms with Gasteiger partial charge in [0.1, 0.15) is 5.69 Å². The lowest BCUT2D eigenvalue weighted by Gasteiger charge is -2.30. The van der Waals surface area contributed by atoms with E-state index in [1.807, 2.05) is 32.0 Å². The second kappa shape index (κ2) is 6.14. The van der Waals surface area contributed by atoms with Crippen molar-refractivity contribution in [3.05, 3.63) is 58.4 Å². The van der Waals surface area contributed by atoms with Gasteiger partial charge in [0.2, 0.25) is 0 Å². The Bertz CT molecular complexity index is 836. The first-order valence-corrected chi connectivity index (χ1v) is 7.91. The van der Waals surface area contributed by atoms with Gasteiger partial charge >= 0.3 is 6.03 Å². The van der Waals surface area contributed by atoms with Crippen molar-refractivity contribution in [1.82, 2.24) is 20.4 Å². The summed E-state index contributed by atoms with van der Waals surface area (Å²) < 4.78 is 0. The van der Waals surface area contributed by atoms with Gasteiger partial charge in [-0.3, -0.25) is 0 Å². The predicted octanol–water partition coefficient (Wildman–Crippen LogP) is 3.00. The molecule has 24 heavy (non-hydrogen) atoms. The van der Waals surface area contributed by atoms with Crippen molar-refractivity contribution in [3.63, 3.8) is 0 Å². The molecule has 1 aliphatic rings. The number of amides is 2. The number of benzene rings is 1. The summed E-state index contributed by atoms with van der Waals surface area (Å²) in [6.07, 6.45) is 0. The average molecular weight is 341 g/mol. The largest absolute Gasteiger partial charge is 0.327 e. The zero-order valence-electron chi connectivity index (χ0n) is 13.7. The fraction of sp³-hybridized carbons (Fsp3) is 0.278. The van der Waals surface area contributed by atoms with E-state index in [0.29, 0.717) is 16.4 Å². The molecule has 0 saturated carbocycles. The first-order valence-electron chi connectivity index (χ1n) is 7.53. The summed E-state index contributed by atoms with van der Waals surface area (Å²) in [4.78, 5) is 13.5. The lowest BCUT2D eigenvalue weighted by atomic mass is 9.92. The SMILES string of the molecule is CN1C(=O)NC(c2ccc(C#Cc3cccc(Cl)c3)nn2)C1(C)C. The van der Waals surface area contributed by atoms with Crippen molar-refractivity contribution in [2.75, 3.05) is 7.05 Å². The Kier molecular flexibility index (Phi) is 4.16. The normalized spacial score (nSPS) is 18.8. The highest BCUT2D eigenvalue weighted by molar-refractivity contribution is 6.30. The van der Waals surface area contributed by atoms with E-state index in [4.69, 9.17) is 11.6 Å². The van der Waals surface area contributed by atoms with Gasteiger partial charge in [0.15, 0.2) is 0 Å². The van der Waals surface area contributed by atoms with Crippen LogP contribution in [0.15, 0.2) is 36.4 Å². The number of likely N-dealkylation sites (N-methyl/N-ethyl adjacent to an activating group) is 1. The highest BCUT2D eigenvalue weighted by Gasteiger charge is 2.45. The van der Waals surface area contributed by atoms with Crippen LogP contribution in [0, 0.1) is 11.8 Å². The smallest absolute Gasteiger partial charge is 0.318 e. The van der Waals surface area contributed by atoms with E-state index < -0.39 is 0 Å². The number of nitrogens with one attached hydrogen (secondary N) is 1. The summed E-state index contributed by atoms with van der Waals surface area (Å²) in [7, 11) is 1.77. The molecule has 1 N–H and O–H groups in total. The second-order valence-corrected chi connectivity index (χ2v) is 6.64. The van der Waals surface area contributed by atoms with Crippen molar-refractivity contribution in [1.29, 1.82) is 0 Å². The van der Waals surface area contributed by atoms with Crippen molar-refractivity contribution >= 4 is 17.6 Å². The predicted molar refractivity (Wildman–Crippen MR) is 92.6 cm³/mol. The van der Waals surface area contributed by atoms with E-state index in [0.717, 1.165) is 5.56 Å². The topological polar surface area (TPSA) is 58.1 Å². The first kappa shape index (κ1) is 16.3. The van der Waals surface area contributed by atoms with Crippen molar-refractivity contribution < 1.29 is 4.79 Å². The van der Waals surface area contributed by atoms with Crippen LogP contribution < -0.4 is 5.32 Å². The number of aromatic nitrogens is 2. The highest BCUT2D eigenvalue weighted by Crippen LogP contribution is 2.33. The summed E-state index contributed by atoms with van der Waals surface area (Å²) in [6.45, 7) is 3.98. The van der Waals surface area contributed by atoms with Gasteiger partial charge < -0.3 is 10.2 Å². The molecule has 2 heterocycles. The van der Waals surface area contributed by atoms with Crippen LogP contribution in [0.1, 0.15) is 36.8 Å². The Morgan fingerprint density at radius 3 is 2.58 bits per heavy atom. The Hall–Kier alpha value is -2.58. The van der Waals surface area contributed by atoms with Crippen LogP contribution in [0.4, 0.5) is 4.79 Å². The minimum absolute atomic E-state index is 0.114. The summed E-state index contributed by atoms with van der Waals surface area (Å²) in [5.74, 6) is 5.97. The van der Waals surface area contributed by atoms with Crippen LogP contribution in [0.5, 0.6) is 0 Å². The maximum Gasteiger partial charge on any atom is 0.318 e. The van der Waals surface area contributed by atoms with Crippen LogP contribution in [0.25, 0.3) is 0 Å². The van der Waals surface area contributed by atoms with Crippen LogP contribution in [0.2, 0.25) is 5.02 Å². The molecule has 5 nitrogen and oxygen atoms in total. The molecule has 1 unspecified atom stereocenters. The van der Waals surface area contributed by atoms with Gasteiger partial charge in [0.05, 0.1) is 17.3 Å². The standard InChI is InChI=1S/C18H17ClN4O/c1-18(2)16(20-17(24)23(18)3)15-10-9-14(21-22-15)8-7-12-5-4-6-13(19)11-12/h4-6,9-11,16H,1-3H3,(H,20,24). The zero-order chi connectivity index (χ0) is 17.3. The van der Waals surface area contributed by atoms with Gasteiger partial charge in [0.25, 0.3) is 0 Å². The van der Waals surface area contributed by atoms with E-state index in [1.165, 1.54) is 0 Å². The third kappa shape index (κ3) is 3.06. The van der Waals surface area contributed by atoms with Crippen LogP contribution in [-0.4, -0.2) is 33.7 Å². The molecule has 2 aromatic rings. The number of hydrogen-bond acceptors (Lipinski definition) is 3. The van der Waals surface area contributed by atoms with Crippen LogP contribution >= 0.6 is 11.6 Å². The summed E-state index contributed by atoms with van der Waals surface area (Å²) in [5.41, 5.74) is 1.72. The molecule has 3 rings (SSSR count). The molecule has 1 atom stereocenters. The third-order valence-corrected chi connectivity index (χ3v) is 4.52. The number of carbonyl (C=O) groups is 1. The van der Waals surface area contributed by atoms with E-state index in [1.54, 1.807) is 30.1 Å². The highest BCUT2D eigenvalue weighted by atomic mass is 35.5. The van der Waals surface area contributed by atoms with E-state index in [-0.39, 0.29) is 17.6 Å². The quantitative estimate of drug-likeness (QED) is 0.812. The molecule has 1 fully saturated rings. The van der Waals surface area contributed by atoms with Crippen molar-refractivity contribution in [2.45, 2.75) is 25.4 Å². The molecule has 122 valence electrons. The van der Waals surface area contributed by atoms with Crippen molar-refractivity contribution in [2.24, 2.45) is 0 Å². The molecule has 0 spiro atoms. The number of hydrogen-bond donors (Lipinski definition) is 1. The molecule has 0 bridgehead atoms. The van der Waals surface area contributed by atoms with E-state index in [9.17, 15) is 4.79 Å². The monoisotopic (exact) mass is 340 g/mol. The van der Waals surface area contributed by atoms with E-state index >= 15 is 0 Å². The molecule has 1 aromatic heterocycles. The molecule has 0 aliphatic carbocycles.